The number of carbonyl (C=O) groups is 1. The number of hydrogen-bond acceptors (Lipinski definition) is 4. The molecule has 4 nitrogen and oxygen atoms in total. The van der Waals surface area contributed by atoms with E-state index in [1.54, 1.807) is 24.3 Å². The third-order valence-corrected chi connectivity index (χ3v) is 4.41. The van der Waals surface area contributed by atoms with Gasteiger partial charge in [-0.2, -0.15) is 0 Å². The number of piperidine rings is 1. The minimum absolute atomic E-state index is 0.0832. The SMILES string of the molecule is CN1C2CCC1C(=C=O)C(OC(=O)c1ccccc1)C2. The van der Waals surface area contributed by atoms with Crippen molar-refractivity contribution in [3.05, 3.63) is 41.5 Å². The van der Waals surface area contributed by atoms with Crippen molar-refractivity contribution < 1.29 is 14.3 Å². The minimum atomic E-state index is -0.422. The van der Waals surface area contributed by atoms with Gasteiger partial charge in [-0.25, -0.2) is 9.59 Å². The number of nitrogens with zero attached hydrogens (tertiary/aromatic N) is 1. The van der Waals surface area contributed by atoms with E-state index in [2.05, 4.69) is 4.90 Å². The van der Waals surface area contributed by atoms with Crippen LogP contribution in [-0.4, -0.2) is 42.0 Å². The van der Waals surface area contributed by atoms with E-state index in [0.717, 1.165) is 12.8 Å². The summed E-state index contributed by atoms with van der Waals surface area (Å²) in [5.74, 6) is 1.65. The number of fused-ring (bicyclic) bond motifs is 2. The van der Waals surface area contributed by atoms with Gasteiger partial charge in [0.05, 0.1) is 11.1 Å². The lowest BCUT2D eigenvalue weighted by atomic mass is 9.95. The summed E-state index contributed by atoms with van der Waals surface area (Å²) in [4.78, 5) is 25.6. The number of benzene rings is 1. The summed E-state index contributed by atoms with van der Waals surface area (Å²) in [6.07, 6.45) is 2.27. The van der Waals surface area contributed by atoms with Gasteiger partial charge in [0, 0.05) is 18.5 Å². The van der Waals surface area contributed by atoms with Crippen LogP contribution < -0.4 is 0 Å². The average Bonchev–Trinajstić information content (AvgIpc) is 2.73. The summed E-state index contributed by atoms with van der Waals surface area (Å²) in [6.45, 7) is 0. The van der Waals surface area contributed by atoms with Crippen molar-refractivity contribution in [2.45, 2.75) is 37.5 Å². The fourth-order valence-electron chi connectivity index (χ4n) is 3.28. The van der Waals surface area contributed by atoms with E-state index in [1.807, 2.05) is 19.1 Å². The van der Waals surface area contributed by atoms with E-state index >= 15 is 0 Å². The first kappa shape index (κ1) is 13.1. The Morgan fingerprint density at radius 2 is 2.05 bits per heavy atom. The molecule has 2 bridgehead atoms. The van der Waals surface area contributed by atoms with Crippen molar-refractivity contribution in [2.24, 2.45) is 0 Å². The van der Waals surface area contributed by atoms with Gasteiger partial charge < -0.3 is 4.74 Å². The highest BCUT2D eigenvalue weighted by molar-refractivity contribution is 5.89. The Bertz CT molecular complexity index is 562. The Kier molecular flexibility index (Phi) is 3.43. The summed E-state index contributed by atoms with van der Waals surface area (Å²) < 4.78 is 5.54. The van der Waals surface area contributed by atoms with Crippen LogP contribution in [0.4, 0.5) is 0 Å². The molecule has 2 aliphatic rings. The number of hydrogen-bond donors (Lipinski definition) is 0. The first-order chi connectivity index (χ1) is 9.70. The van der Waals surface area contributed by atoms with Crippen LogP contribution in [0.2, 0.25) is 0 Å². The molecule has 0 amide bonds. The molecule has 2 aliphatic heterocycles. The van der Waals surface area contributed by atoms with Gasteiger partial charge in [-0.05, 0) is 32.0 Å². The lowest BCUT2D eigenvalue weighted by molar-refractivity contribution is 0.0214. The number of carbonyl (C=O) groups excluding carboxylic acids is 2. The Hall–Kier alpha value is -1.90. The fraction of sp³-hybridized carbons (Fsp3) is 0.438. The molecule has 3 unspecified atom stereocenters. The number of esters is 1. The monoisotopic (exact) mass is 271 g/mol. The zero-order chi connectivity index (χ0) is 14.1. The van der Waals surface area contributed by atoms with Crippen LogP contribution >= 0.6 is 0 Å². The van der Waals surface area contributed by atoms with E-state index in [1.165, 1.54) is 0 Å². The maximum atomic E-state index is 12.1. The standard InChI is InChI=1S/C16H17NO3/c1-17-12-7-8-14(17)13(10-18)15(9-12)20-16(19)11-5-3-2-4-6-11/h2-6,12,14-15H,7-9H2,1H3. The maximum absolute atomic E-state index is 12.1. The average molecular weight is 271 g/mol. The molecule has 0 radical (unpaired) electrons. The Labute approximate surface area is 118 Å². The Balaban J connectivity index is 1.78. The van der Waals surface area contributed by atoms with Crippen molar-refractivity contribution in [2.75, 3.05) is 7.05 Å². The van der Waals surface area contributed by atoms with Crippen LogP contribution in [0.3, 0.4) is 0 Å². The summed E-state index contributed by atoms with van der Waals surface area (Å²) in [5, 5.41) is 0. The lowest BCUT2D eigenvalue weighted by Crippen LogP contribution is -2.45. The van der Waals surface area contributed by atoms with Crippen molar-refractivity contribution in [1.82, 2.24) is 4.90 Å². The van der Waals surface area contributed by atoms with Gasteiger partial charge in [0.2, 0.25) is 0 Å². The van der Waals surface area contributed by atoms with Crippen LogP contribution in [0.1, 0.15) is 29.6 Å². The summed E-state index contributed by atoms with van der Waals surface area (Å²) in [7, 11) is 2.02. The van der Waals surface area contributed by atoms with Crippen molar-refractivity contribution in [3.63, 3.8) is 0 Å². The number of ether oxygens (including phenoxy) is 1. The molecular formula is C16H17NO3. The summed E-state index contributed by atoms with van der Waals surface area (Å²) in [6, 6.07) is 9.36. The molecule has 0 aromatic heterocycles. The van der Waals surface area contributed by atoms with Gasteiger partial charge in [-0.1, -0.05) is 18.2 Å². The molecule has 0 aliphatic carbocycles. The molecule has 0 spiro atoms. The molecule has 104 valence electrons. The van der Waals surface area contributed by atoms with Crippen LogP contribution in [0, 0.1) is 0 Å². The summed E-state index contributed by atoms with van der Waals surface area (Å²) in [5.41, 5.74) is 1.11. The molecule has 1 aromatic carbocycles. The van der Waals surface area contributed by atoms with E-state index in [-0.39, 0.29) is 12.0 Å². The molecule has 3 atom stereocenters. The predicted octanol–water partition coefficient (Wildman–Crippen LogP) is 1.84. The van der Waals surface area contributed by atoms with E-state index in [0.29, 0.717) is 23.6 Å². The molecule has 2 heterocycles. The summed E-state index contributed by atoms with van der Waals surface area (Å²) >= 11 is 0. The predicted molar refractivity (Wildman–Crippen MR) is 74.0 cm³/mol. The lowest BCUT2D eigenvalue weighted by Gasteiger charge is -2.36. The van der Waals surface area contributed by atoms with E-state index < -0.39 is 6.10 Å². The van der Waals surface area contributed by atoms with Crippen LogP contribution in [0.25, 0.3) is 0 Å². The molecule has 1 aromatic rings. The number of rotatable bonds is 2. The largest absolute Gasteiger partial charge is 0.453 e. The molecule has 2 saturated heterocycles. The van der Waals surface area contributed by atoms with Gasteiger partial charge in [-0.15, -0.1) is 0 Å². The van der Waals surface area contributed by atoms with Crippen molar-refractivity contribution >= 4 is 11.9 Å². The smallest absolute Gasteiger partial charge is 0.338 e. The maximum Gasteiger partial charge on any atom is 0.338 e. The number of likely N-dealkylation sites (N-methyl/N-ethyl adjacent to an activating group) is 1. The van der Waals surface area contributed by atoms with Crippen molar-refractivity contribution in [1.29, 1.82) is 0 Å². The van der Waals surface area contributed by atoms with E-state index in [4.69, 9.17) is 4.74 Å². The van der Waals surface area contributed by atoms with E-state index in [9.17, 15) is 9.59 Å². The molecule has 0 saturated carbocycles. The van der Waals surface area contributed by atoms with Gasteiger partial charge in [0.1, 0.15) is 12.0 Å². The second-order valence-corrected chi connectivity index (χ2v) is 5.47. The highest BCUT2D eigenvalue weighted by Crippen LogP contribution is 2.38. The highest BCUT2D eigenvalue weighted by atomic mass is 16.5. The third kappa shape index (κ3) is 2.17. The first-order valence-electron chi connectivity index (χ1n) is 6.93. The van der Waals surface area contributed by atoms with Gasteiger partial charge in [-0.3, -0.25) is 4.90 Å². The molecule has 0 N–H and O–H groups in total. The van der Waals surface area contributed by atoms with Crippen LogP contribution in [-0.2, 0) is 9.53 Å². The van der Waals surface area contributed by atoms with Crippen LogP contribution in [0.5, 0.6) is 0 Å². The minimum Gasteiger partial charge on any atom is -0.453 e. The highest BCUT2D eigenvalue weighted by Gasteiger charge is 2.44. The van der Waals surface area contributed by atoms with Gasteiger partial charge in [0.25, 0.3) is 0 Å². The zero-order valence-corrected chi connectivity index (χ0v) is 11.4. The molecule has 3 rings (SSSR count). The fourth-order valence-corrected chi connectivity index (χ4v) is 3.28. The third-order valence-electron chi connectivity index (χ3n) is 4.41. The van der Waals surface area contributed by atoms with Crippen LogP contribution in [0.15, 0.2) is 35.9 Å². The molecule has 2 fully saturated rings. The van der Waals surface area contributed by atoms with Gasteiger partial charge in [0.15, 0.2) is 0 Å². The second kappa shape index (κ2) is 5.23. The quantitative estimate of drug-likeness (QED) is 0.608. The van der Waals surface area contributed by atoms with Crippen molar-refractivity contribution in [3.8, 4) is 0 Å². The molecule has 20 heavy (non-hydrogen) atoms. The first-order valence-corrected chi connectivity index (χ1v) is 6.93. The Morgan fingerprint density at radius 1 is 1.30 bits per heavy atom. The van der Waals surface area contributed by atoms with Gasteiger partial charge >= 0.3 is 5.97 Å². The topological polar surface area (TPSA) is 46.6 Å². The molecule has 4 heteroatoms. The normalized spacial score (nSPS) is 29.1. The molecular weight excluding hydrogens is 254 g/mol. The second-order valence-electron chi connectivity index (χ2n) is 5.47. The zero-order valence-electron chi connectivity index (χ0n) is 11.4. The Morgan fingerprint density at radius 3 is 2.75 bits per heavy atom.